The molecule has 0 aliphatic heterocycles. The van der Waals surface area contributed by atoms with Crippen LogP contribution in [0.5, 0.6) is 23.0 Å². The lowest BCUT2D eigenvalue weighted by molar-refractivity contribution is -0.138. The molecule has 6 aromatic carbocycles. The van der Waals surface area contributed by atoms with Gasteiger partial charge >= 0.3 is 12.4 Å². The molecule has 0 saturated carbocycles. The maximum atomic E-state index is 13.8. The largest absolute Gasteiger partial charge is 0.507 e. The van der Waals surface area contributed by atoms with E-state index in [0.717, 1.165) is 36.4 Å². The van der Waals surface area contributed by atoms with Crippen LogP contribution in [0.15, 0.2) is 97.1 Å². The van der Waals surface area contributed by atoms with Crippen LogP contribution in [0.1, 0.15) is 11.1 Å². The van der Waals surface area contributed by atoms with Gasteiger partial charge in [0, 0.05) is 33.4 Å². The van der Waals surface area contributed by atoms with Crippen molar-refractivity contribution in [2.24, 2.45) is 0 Å². The molecule has 0 spiro atoms. The van der Waals surface area contributed by atoms with E-state index in [4.69, 9.17) is 9.47 Å². The van der Waals surface area contributed by atoms with Crippen molar-refractivity contribution in [2.75, 3.05) is 14.2 Å². The molecule has 234 valence electrons. The SMILES string of the molecule is COc1ccc(C(F)(F)F)cc1-c1cc2ccccc2c(-c2c(O)c(-c3cc(C(F)(F)F)ccc3OC)cc3ccccc23)c1O. The second-order valence-electron chi connectivity index (χ2n) is 10.6. The number of alkyl halides is 6. The number of ether oxygens (including phenoxy) is 2. The van der Waals surface area contributed by atoms with Crippen molar-refractivity contribution in [3.8, 4) is 56.4 Å². The lowest BCUT2D eigenvalue weighted by atomic mass is 9.86. The number of rotatable bonds is 5. The summed E-state index contributed by atoms with van der Waals surface area (Å²) in [5.41, 5.74) is -1.94. The number of hydrogen-bond acceptors (Lipinski definition) is 4. The monoisotopic (exact) mass is 634 g/mol. The number of fused-ring (bicyclic) bond motifs is 2. The summed E-state index contributed by atoms with van der Waals surface area (Å²) >= 11 is 0. The maximum Gasteiger partial charge on any atom is 0.416 e. The molecule has 0 atom stereocenters. The van der Waals surface area contributed by atoms with Crippen molar-refractivity contribution < 1.29 is 46.0 Å². The van der Waals surface area contributed by atoms with Gasteiger partial charge in [-0.25, -0.2) is 0 Å². The van der Waals surface area contributed by atoms with E-state index in [9.17, 15) is 36.6 Å². The van der Waals surface area contributed by atoms with Crippen molar-refractivity contribution in [2.45, 2.75) is 12.4 Å². The summed E-state index contributed by atoms with van der Waals surface area (Å²) in [6.45, 7) is 0. The van der Waals surface area contributed by atoms with Crippen molar-refractivity contribution in [1.82, 2.24) is 0 Å². The number of phenolic OH excluding ortho intramolecular Hbond substituents is 2. The number of hydrogen-bond donors (Lipinski definition) is 2. The highest BCUT2D eigenvalue weighted by atomic mass is 19.4. The molecule has 0 saturated heterocycles. The third-order valence-corrected chi connectivity index (χ3v) is 7.93. The van der Waals surface area contributed by atoms with Gasteiger partial charge in [-0.2, -0.15) is 26.3 Å². The standard InChI is InChI=1S/C36H24F6O4/c1-45-29-13-11-21(35(37,38)39)17-25(29)27-15-19-7-3-5-9-23(19)31(33(27)43)32-24-10-6-4-8-20(24)16-28(34(32)44)26-18-22(36(40,41)42)12-14-30(26)46-2/h3-18,43-44H,1-2H3. The van der Waals surface area contributed by atoms with Gasteiger partial charge in [-0.15, -0.1) is 0 Å². The first-order valence-electron chi connectivity index (χ1n) is 13.8. The normalized spacial score (nSPS) is 12.1. The van der Waals surface area contributed by atoms with Crippen LogP contribution >= 0.6 is 0 Å². The summed E-state index contributed by atoms with van der Waals surface area (Å²) in [5, 5.41) is 25.9. The number of phenols is 2. The fourth-order valence-electron chi connectivity index (χ4n) is 5.78. The molecule has 0 radical (unpaired) electrons. The molecule has 0 fully saturated rings. The number of aromatic hydroxyl groups is 2. The van der Waals surface area contributed by atoms with Crippen molar-refractivity contribution in [1.29, 1.82) is 0 Å². The molecule has 4 nitrogen and oxygen atoms in total. The van der Waals surface area contributed by atoms with Crippen molar-refractivity contribution >= 4 is 21.5 Å². The molecule has 0 amide bonds. The molecule has 0 bridgehead atoms. The molecule has 0 aliphatic carbocycles. The van der Waals surface area contributed by atoms with E-state index in [2.05, 4.69) is 0 Å². The van der Waals surface area contributed by atoms with Crippen LogP contribution in [0.2, 0.25) is 0 Å². The minimum atomic E-state index is -4.69. The molecule has 2 N–H and O–H groups in total. The van der Waals surface area contributed by atoms with Crippen LogP contribution in [0.4, 0.5) is 26.3 Å². The Morgan fingerprint density at radius 1 is 0.478 bits per heavy atom. The van der Waals surface area contributed by atoms with E-state index in [1.165, 1.54) is 26.4 Å². The fraction of sp³-hybridized carbons (Fsp3) is 0.111. The van der Waals surface area contributed by atoms with Gasteiger partial charge in [0.05, 0.1) is 25.3 Å². The van der Waals surface area contributed by atoms with E-state index >= 15 is 0 Å². The Bertz CT molecular complexity index is 1980. The zero-order valence-corrected chi connectivity index (χ0v) is 24.2. The van der Waals surface area contributed by atoms with Gasteiger partial charge in [-0.1, -0.05) is 48.5 Å². The smallest absolute Gasteiger partial charge is 0.416 e. The van der Waals surface area contributed by atoms with Gasteiger partial charge in [0.1, 0.15) is 23.0 Å². The molecule has 0 heterocycles. The first-order chi connectivity index (χ1) is 21.8. The zero-order chi connectivity index (χ0) is 33.0. The summed E-state index contributed by atoms with van der Waals surface area (Å²) < 4.78 is 93.5. The topological polar surface area (TPSA) is 58.9 Å². The molecule has 0 unspecified atom stereocenters. The molecule has 46 heavy (non-hydrogen) atoms. The van der Waals surface area contributed by atoms with Crippen LogP contribution in [0.25, 0.3) is 54.9 Å². The highest BCUT2D eigenvalue weighted by Crippen LogP contribution is 2.53. The molecular weight excluding hydrogens is 610 g/mol. The van der Waals surface area contributed by atoms with E-state index in [0.29, 0.717) is 21.5 Å². The Kier molecular flexibility index (Phi) is 7.46. The summed E-state index contributed by atoms with van der Waals surface area (Å²) in [7, 11) is 2.58. The van der Waals surface area contributed by atoms with Gasteiger partial charge in [0.2, 0.25) is 0 Å². The van der Waals surface area contributed by atoms with Gasteiger partial charge in [0.25, 0.3) is 0 Å². The first-order valence-corrected chi connectivity index (χ1v) is 13.8. The lowest BCUT2D eigenvalue weighted by Gasteiger charge is -2.21. The first kappa shape index (κ1) is 30.6. The van der Waals surface area contributed by atoms with Crippen LogP contribution in [0.3, 0.4) is 0 Å². The van der Waals surface area contributed by atoms with Crippen molar-refractivity contribution in [3.63, 3.8) is 0 Å². The highest BCUT2D eigenvalue weighted by Gasteiger charge is 2.34. The predicted molar refractivity (Wildman–Crippen MR) is 164 cm³/mol. The van der Waals surface area contributed by atoms with Crippen LogP contribution in [-0.2, 0) is 12.4 Å². The molecular formula is C36H24F6O4. The van der Waals surface area contributed by atoms with Crippen LogP contribution in [-0.4, -0.2) is 24.4 Å². The van der Waals surface area contributed by atoms with E-state index in [1.807, 2.05) is 0 Å². The highest BCUT2D eigenvalue weighted by molar-refractivity contribution is 6.14. The number of halogens is 6. The Morgan fingerprint density at radius 2 is 0.848 bits per heavy atom. The minimum Gasteiger partial charge on any atom is -0.507 e. The third kappa shape index (κ3) is 5.19. The second kappa shape index (κ2) is 11.2. The molecule has 10 heteroatoms. The Morgan fingerprint density at radius 3 is 1.20 bits per heavy atom. The van der Waals surface area contributed by atoms with Crippen LogP contribution < -0.4 is 9.47 Å². The Labute approximate surface area is 258 Å². The zero-order valence-electron chi connectivity index (χ0n) is 24.2. The Hall–Kier alpha value is -5.38. The van der Waals surface area contributed by atoms with Gasteiger partial charge in [0.15, 0.2) is 0 Å². The predicted octanol–water partition coefficient (Wildman–Crippen LogP) is 10.5. The molecule has 0 aliphatic rings. The molecule has 6 aromatic rings. The Balaban J connectivity index is 1.75. The van der Waals surface area contributed by atoms with Gasteiger partial charge in [-0.05, 0) is 70.1 Å². The average molecular weight is 635 g/mol. The second-order valence-corrected chi connectivity index (χ2v) is 10.6. The van der Waals surface area contributed by atoms with E-state index in [1.54, 1.807) is 48.5 Å². The fourth-order valence-corrected chi connectivity index (χ4v) is 5.78. The summed E-state index contributed by atoms with van der Waals surface area (Å²) in [6.07, 6.45) is -9.38. The van der Waals surface area contributed by atoms with E-state index in [-0.39, 0.29) is 44.9 Å². The summed E-state index contributed by atoms with van der Waals surface area (Å²) in [5.74, 6) is -0.822. The van der Waals surface area contributed by atoms with Gasteiger partial charge in [-0.3, -0.25) is 0 Å². The summed E-state index contributed by atoms with van der Waals surface area (Å²) in [4.78, 5) is 0. The molecule has 6 rings (SSSR count). The summed E-state index contributed by atoms with van der Waals surface area (Å²) in [6, 6.07) is 22.3. The minimum absolute atomic E-state index is 0.0119. The average Bonchev–Trinajstić information content (AvgIpc) is 3.03. The van der Waals surface area contributed by atoms with Crippen molar-refractivity contribution in [3.05, 3.63) is 108 Å². The number of benzene rings is 6. The number of methoxy groups -OCH3 is 2. The maximum absolute atomic E-state index is 13.8. The quantitative estimate of drug-likeness (QED) is 0.185. The van der Waals surface area contributed by atoms with E-state index < -0.39 is 35.0 Å². The van der Waals surface area contributed by atoms with Crippen LogP contribution in [0, 0.1) is 0 Å². The third-order valence-electron chi connectivity index (χ3n) is 7.93. The molecule has 0 aromatic heterocycles. The lowest BCUT2D eigenvalue weighted by Crippen LogP contribution is -2.05. The van der Waals surface area contributed by atoms with Gasteiger partial charge < -0.3 is 19.7 Å².